The number of hydrogen-bond donors (Lipinski definition) is 4. The molecule has 20 nitrogen and oxygen atoms in total. The summed E-state index contributed by atoms with van der Waals surface area (Å²) in [5.41, 5.74) is 12.8. The smallest absolute Gasteiger partial charge is 0.600 e. The van der Waals surface area contributed by atoms with Crippen LogP contribution in [-0.4, -0.2) is 133 Å². The van der Waals surface area contributed by atoms with Crippen LogP contribution in [0.2, 0.25) is 0 Å². The van der Waals surface area contributed by atoms with Crippen molar-refractivity contribution in [3.63, 3.8) is 0 Å². The SMILES string of the molecule is CCN(CC)CCOC(=O)c1ccc(N)cc1.CCOC([O-])=Nc1ccc(S(=O)(=O)OC)cc1.CCOC([O-])=Nc1ccc(S(=O)(=O)OC)cc1.Cl.Nc1ccc(C(=O)O)c(O)c1.[Mg+2]. The maximum absolute atomic E-state index is 11.6. The molecule has 0 aromatic heterocycles. The Kier molecular flexibility index (Phi) is 29.8. The molecule has 24 heteroatoms. The monoisotopic (exact) mass is 965 g/mol. The second-order valence-electron chi connectivity index (χ2n) is 11.7. The van der Waals surface area contributed by atoms with Gasteiger partial charge in [0.1, 0.15) is 17.9 Å². The van der Waals surface area contributed by atoms with E-state index < -0.39 is 38.4 Å². The summed E-state index contributed by atoms with van der Waals surface area (Å²) in [4.78, 5) is 31.4. The van der Waals surface area contributed by atoms with Crippen LogP contribution in [0.5, 0.6) is 5.75 Å². The average Bonchev–Trinajstić information content (AvgIpc) is 3.23. The molecule has 0 heterocycles. The fraction of sp³-hybridized carbons (Fsp3) is 0.300. The van der Waals surface area contributed by atoms with Crippen LogP contribution in [0.3, 0.4) is 0 Å². The third-order valence-electron chi connectivity index (χ3n) is 7.60. The maximum Gasteiger partial charge on any atom is 2.00 e. The molecule has 348 valence electrons. The molecule has 0 aliphatic carbocycles. The fourth-order valence-electron chi connectivity index (χ4n) is 4.33. The topological polar surface area (TPSA) is 315 Å². The largest absolute Gasteiger partial charge is 2.00 e. The zero-order valence-electron chi connectivity index (χ0n) is 36.0. The number of hydrogen-bond acceptors (Lipinski definition) is 19. The molecule has 0 saturated heterocycles. The summed E-state index contributed by atoms with van der Waals surface area (Å²) >= 11 is 0. The van der Waals surface area contributed by atoms with E-state index in [1.54, 1.807) is 38.1 Å². The van der Waals surface area contributed by atoms with Crippen LogP contribution in [0.4, 0.5) is 22.7 Å². The van der Waals surface area contributed by atoms with Gasteiger partial charge in [-0.15, -0.1) is 12.4 Å². The maximum atomic E-state index is 11.6. The number of benzene rings is 4. The van der Waals surface area contributed by atoms with Crippen molar-refractivity contribution in [3.05, 3.63) is 102 Å². The van der Waals surface area contributed by atoms with Crippen molar-refractivity contribution in [2.75, 3.05) is 65.1 Å². The van der Waals surface area contributed by atoms with Crippen molar-refractivity contribution in [1.29, 1.82) is 0 Å². The molecule has 0 atom stereocenters. The average molecular weight is 967 g/mol. The summed E-state index contributed by atoms with van der Waals surface area (Å²) < 4.78 is 68.2. The number of carbonyl (C=O) groups excluding carboxylic acids is 1. The van der Waals surface area contributed by atoms with Crippen molar-refractivity contribution >= 4 is 103 Å². The van der Waals surface area contributed by atoms with Crippen LogP contribution in [-0.2, 0) is 42.8 Å². The minimum atomic E-state index is -3.71. The number of rotatable bonds is 15. The predicted molar refractivity (Wildman–Crippen MR) is 240 cm³/mol. The van der Waals surface area contributed by atoms with E-state index in [-0.39, 0.29) is 75.7 Å². The number of anilines is 2. The Hall–Kier alpha value is -5.40. The van der Waals surface area contributed by atoms with E-state index in [0.29, 0.717) is 34.9 Å². The molecule has 0 spiro atoms. The van der Waals surface area contributed by atoms with Gasteiger partial charge in [-0.3, -0.25) is 8.37 Å². The van der Waals surface area contributed by atoms with Gasteiger partial charge in [-0.05, 0) is 111 Å². The Morgan fingerprint density at radius 3 is 1.42 bits per heavy atom. The number of halogens is 1. The molecule has 0 aliphatic heterocycles. The molecule has 4 rings (SSSR count). The molecule has 0 saturated carbocycles. The zero-order valence-corrected chi connectivity index (χ0v) is 39.9. The minimum absolute atomic E-state index is 0. The fourth-order valence-corrected chi connectivity index (χ4v) is 5.65. The van der Waals surface area contributed by atoms with Gasteiger partial charge in [0.2, 0.25) is 0 Å². The number of carboxylic acids is 1. The third-order valence-corrected chi connectivity index (χ3v) is 10.2. The standard InChI is InChI=1S/C13H20N2O2.2C10H13NO5S.C7H7NO3.ClH.Mg/c1-3-15(4-2)9-10-17-13(16)11-5-7-12(14)8-6-11;2*1-3-16-10(12)11-8-4-6-9(7-5-8)17(13,14)15-2;8-4-1-2-5(7(10)11)6(9)3-4;;/h5-8H,3-4,9-10,14H2,1-2H3;2*4-7H,3H2,1-2H3,(H,11,12);1-3,9H,8H2,(H,10,11);1H;/q;;;;;+2/p-2. The van der Waals surface area contributed by atoms with E-state index in [2.05, 4.69) is 46.6 Å². The van der Waals surface area contributed by atoms with Crippen LogP contribution < -0.4 is 21.7 Å². The van der Waals surface area contributed by atoms with Gasteiger partial charge in [-0.1, -0.05) is 27.7 Å². The number of likely N-dealkylation sites (N-methyl/N-ethyl adjacent to an activating group) is 1. The number of nitrogens with two attached hydrogens (primary N) is 2. The van der Waals surface area contributed by atoms with E-state index >= 15 is 0 Å². The summed E-state index contributed by atoms with van der Waals surface area (Å²) in [6, 6.07) is 21.4. The van der Waals surface area contributed by atoms with E-state index in [1.165, 1.54) is 66.7 Å². The first-order valence-corrected chi connectivity index (χ1v) is 21.2. The van der Waals surface area contributed by atoms with Gasteiger partial charge in [0.05, 0.1) is 40.9 Å². The van der Waals surface area contributed by atoms with Gasteiger partial charge >= 0.3 is 35.0 Å². The summed E-state index contributed by atoms with van der Waals surface area (Å²) in [5, 5.41) is 39.5. The Morgan fingerprint density at radius 1 is 0.672 bits per heavy atom. The van der Waals surface area contributed by atoms with Crippen LogP contribution in [0, 0.1) is 0 Å². The molecule has 0 aliphatic rings. The molecule has 0 bridgehead atoms. The number of carbonyl (C=O) groups is 2. The van der Waals surface area contributed by atoms with Gasteiger partial charge in [-0.25, -0.2) is 19.6 Å². The van der Waals surface area contributed by atoms with E-state index in [1.807, 2.05) is 0 Å². The first kappa shape index (κ1) is 60.7. The minimum Gasteiger partial charge on any atom is -0.600 e. The van der Waals surface area contributed by atoms with Crippen molar-refractivity contribution < 1.29 is 69.4 Å². The second-order valence-corrected chi connectivity index (χ2v) is 15.1. The molecule has 64 heavy (non-hydrogen) atoms. The molecule has 4 aromatic carbocycles. The molecule has 6 N–H and O–H groups in total. The Labute approximate surface area is 395 Å². The Balaban J connectivity index is 0. The van der Waals surface area contributed by atoms with Gasteiger partial charge in [-0.2, -0.15) is 16.8 Å². The Bertz CT molecular complexity index is 2190. The first-order chi connectivity index (χ1) is 29.3. The van der Waals surface area contributed by atoms with Gasteiger partial charge in [0.15, 0.2) is 12.2 Å². The van der Waals surface area contributed by atoms with Crippen LogP contribution in [0.1, 0.15) is 48.4 Å². The van der Waals surface area contributed by atoms with Gasteiger partial charge in [0.25, 0.3) is 20.2 Å². The van der Waals surface area contributed by atoms with E-state index in [4.69, 9.17) is 26.4 Å². The Morgan fingerprint density at radius 2 is 1.08 bits per heavy atom. The van der Waals surface area contributed by atoms with Gasteiger partial charge < -0.3 is 51.0 Å². The molecule has 0 amide bonds. The van der Waals surface area contributed by atoms with Crippen molar-refractivity contribution in [3.8, 4) is 5.75 Å². The van der Waals surface area contributed by atoms with Crippen molar-refractivity contribution in [2.45, 2.75) is 37.5 Å². The molecule has 0 unspecified atom stereocenters. The number of nitrogen functional groups attached to an aromatic ring is 2. The number of ether oxygens (including phenoxy) is 3. The normalized spacial score (nSPS) is 11.0. The zero-order chi connectivity index (χ0) is 46.9. The van der Waals surface area contributed by atoms with Crippen LogP contribution in [0.15, 0.2) is 111 Å². The number of esters is 1. The van der Waals surface area contributed by atoms with Crippen molar-refractivity contribution in [1.82, 2.24) is 4.90 Å². The summed E-state index contributed by atoms with van der Waals surface area (Å²) in [7, 11) is -5.27. The summed E-state index contributed by atoms with van der Waals surface area (Å²) in [6.07, 6.45) is -1.43. The third kappa shape index (κ3) is 22.8. The number of carboxylic acid groups (broad SMARTS) is 1. The molecule has 0 fully saturated rings. The number of phenols is 1. The number of aromatic carboxylic acids is 1. The second kappa shape index (κ2) is 31.4. The number of nitrogens with zero attached hydrogens (tertiary/aromatic N) is 3. The number of aromatic hydroxyl groups is 1. The van der Waals surface area contributed by atoms with Crippen molar-refractivity contribution in [2.24, 2.45) is 9.98 Å². The number of aliphatic imine (C=N–C) groups is 2. The van der Waals surface area contributed by atoms with E-state index in [9.17, 15) is 36.6 Å². The molecular weight excluding hydrogens is 914 g/mol. The van der Waals surface area contributed by atoms with Crippen LogP contribution in [0.25, 0.3) is 0 Å². The summed E-state index contributed by atoms with van der Waals surface area (Å²) in [6.45, 7) is 11.1. The first-order valence-electron chi connectivity index (χ1n) is 18.4. The quantitative estimate of drug-likeness (QED) is 0.0332. The van der Waals surface area contributed by atoms with Crippen LogP contribution >= 0.6 is 12.4 Å². The predicted octanol–water partition coefficient (Wildman–Crippen LogP) is 3.29. The molecule has 4 aromatic rings. The molecule has 0 radical (unpaired) electrons. The summed E-state index contributed by atoms with van der Waals surface area (Å²) in [5.74, 6) is -1.77. The van der Waals surface area contributed by atoms with Gasteiger partial charge in [0, 0.05) is 24.0 Å². The van der Waals surface area contributed by atoms with E-state index in [0.717, 1.165) is 33.9 Å². The molecular formula is C40H52ClMgN5O15S2.